The molecule has 0 aliphatic carbocycles. The van der Waals surface area contributed by atoms with Crippen molar-refractivity contribution in [3.8, 4) is 0 Å². The van der Waals surface area contributed by atoms with Gasteiger partial charge in [0, 0.05) is 12.1 Å². The summed E-state index contributed by atoms with van der Waals surface area (Å²) >= 11 is 0. The summed E-state index contributed by atoms with van der Waals surface area (Å²) in [5.41, 5.74) is 3.13. The molecule has 2 aromatic carbocycles. The third-order valence-electron chi connectivity index (χ3n) is 3.65. The van der Waals surface area contributed by atoms with Crippen LogP contribution in [0.1, 0.15) is 27.5 Å². The summed E-state index contributed by atoms with van der Waals surface area (Å²) in [6, 6.07) is 14.5. The molecule has 1 N–H and O–H groups in total. The maximum Gasteiger partial charge on any atom is 0.337 e. The summed E-state index contributed by atoms with van der Waals surface area (Å²) in [6.07, 6.45) is 0.312. The highest BCUT2D eigenvalue weighted by atomic mass is 16.5. The van der Waals surface area contributed by atoms with Gasteiger partial charge >= 0.3 is 5.97 Å². The van der Waals surface area contributed by atoms with Crippen LogP contribution in [0.25, 0.3) is 0 Å². The number of ether oxygens (including phenoxy) is 1. The fraction of sp³-hybridized carbons (Fsp3) is 0.176. The Morgan fingerprint density at radius 3 is 2.67 bits per heavy atom. The number of ketones is 1. The van der Waals surface area contributed by atoms with Crippen molar-refractivity contribution in [1.29, 1.82) is 0 Å². The number of methoxy groups -OCH3 is 1. The normalized spacial score (nSPS) is 16.8. The minimum Gasteiger partial charge on any atom is -0.465 e. The number of Topliss-reactive ketones (excluding diaryl/α,β-unsaturated/α-hetero) is 1. The van der Waals surface area contributed by atoms with Crippen LogP contribution in [-0.4, -0.2) is 18.9 Å². The average Bonchev–Trinajstić information content (AvgIpc) is 2.53. The van der Waals surface area contributed by atoms with Crippen molar-refractivity contribution in [2.45, 2.75) is 12.5 Å². The molecule has 106 valence electrons. The maximum atomic E-state index is 12.3. The molecule has 1 heterocycles. The van der Waals surface area contributed by atoms with Gasteiger partial charge in [-0.1, -0.05) is 30.3 Å². The third kappa shape index (κ3) is 2.52. The van der Waals surface area contributed by atoms with Crippen LogP contribution in [0.2, 0.25) is 0 Å². The second-order valence-corrected chi connectivity index (χ2v) is 4.99. The Bertz CT molecular complexity index is 694. The smallest absolute Gasteiger partial charge is 0.337 e. The first-order chi connectivity index (χ1) is 10.2. The van der Waals surface area contributed by atoms with Gasteiger partial charge in [0.1, 0.15) is 6.04 Å². The highest BCUT2D eigenvalue weighted by Crippen LogP contribution is 2.31. The Kier molecular flexibility index (Phi) is 3.44. The molecule has 4 nitrogen and oxygen atoms in total. The van der Waals surface area contributed by atoms with E-state index in [1.54, 1.807) is 12.1 Å². The quantitative estimate of drug-likeness (QED) is 0.860. The highest BCUT2D eigenvalue weighted by Gasteiger charge is 2.27. The number of benzene rings is 2. The van der Waals surface area contributed by atoms with Gasteiger partial charge in [-0.3, -0.25) is 4.79 Å². The van der Waals surface area contributed by atoms with Gasteiger partial charge in [0.15, 0.2) is 5.78 Å². The van der Waals surface area contributed by atoms with E-state index in [1.165, 1.54) is 7.11 Å². The van der Waals surface area contributed by atoms with Gasteiger partial charge in [-0.05, 0) is 29.3 Å². The van der Waals surface area contributed by atoms with Crippen LogP contribution in [0.3, 0.4) is 0 Å². The molecule has 1 unspecified atom stereocenters. The van der Waals surface area contributed by atoms with Crippen LogP contribution < -0.4 is 5.32 Å². The first-order valence-electron chi connectivity index (χ1n) is 6.74. The van der Waals surface area contributed by atoms with Crippen LogP contribution in [-0.2, 0) is 16.0 Å². The Hall–Kier alpha value is -2.62. The zero-order valence-electron chi connectivity index (χ0n) is 11.6. The lowest BCUT2D eigenvalue weighted by Crippen LogP contribution is -2.28. The molecule has 1 aliphatic heterocycles. The van der Waals surface area contributed by atoms with E-state index < -0.39 is 5.97 Å². The highest BCUT2D eigenvalue weighted by molar-refractivity contribution is 5.96. The number of hydrogen-bond acceptors (Lipinski definition) is 4. The summed E-state index contributed by atoms with van der Waals surface area (Å²) in [5, 5.41) is 3.25. The van der Waals surface area contributed by atoms with E-state index in [2.05, 4.69) is 5.32 Å². The standard InChI is InChI=1S/C17H15NO3/c1-21-17(20)12-7-8-14-13(9-12)10-15(19)16(18-14)11-5-3-2-4-6-11/h2-9,16,18H,10H2,1H3. The minimum absolute atomic E-state index is 0.0933. The van der Waals surface area contributed by atoms with Crippen molar-refractivity contribution in [2.75, 3.05) is 12.4 Å². The van der Waals surface area contributed by atoms with Crippen LogP contribution in [0.4, 0.5) is 5.69 Å². The molecule has 4 heteroatoms. The number of carbonyl (C=O) groups excluding carboxylic acids is 2. The van der Waals surface area contributed by atoms with Crippen LogP contribution in [0.15, 0.2) is 48.5 Å². The van der Waals surface area contributed by atoms with Crippen LogP contribution >= 0.6 is 0 Å². The number of carbonyl (C=O) groups is 2. The predicted molar refractivity (Wildman–Crippen MR) is 79.3 cm³/mol. The first kappa shape index (κ1) is 13.4. The monoisotopic (exact) mass is 281 g/mol. The van der Waals surface area contributed by atoms with E-state index in [0.29, 0.717) is 12.0 Å². The van der Waals surface area contributed by atoms with Crippen LogP contribution in [0, 0.1) is 0 Å². The van der Waals surface area contributed by atoms with Gasteiger partial charge < -0.3 is 10.1 Å². The van der Waals surface area contributed by atoms with E-state index in [4.69, 9.17) is 4.74 Å². The molecule has 1 aliphatic rings. The second-order valence-electron chi connectivity index (χ2n) is 4.99. The van der Waals surface area contributed by atoms with Crippen molar-refractivity contribution in [2.24, 2.45) is 0 Å². The summed E-state index contributed by atoms with van der Waals surface area (Å²) in [4.78, 5) is 23.9. The molecule has 1 atom stereocenters. The molecule has 2 aromatic rings. The third-order valence-corrected chi connectivity index (χ3v) is 3.65. The molecule has 0 radical (unpaired) electrons. The summed E-state index contributed by atoms with van der Waals surface area (Å²) in [6.45, 7) is 0. The molecule has 0 saturated carbocycles. The Labute approximate surface area is 122 Å². The molecule has 0 aromatic heterocycles. The molecule has 21 heavy (non-hydrogen) atoms. The molecular weight excluding hydrogens is 266 g/mol. The number of rotatable bonds is 2. The van der Waals surface area contributed by atoms with Crippen molar-refractivity contribution in [1.82, 2.24) is 0 Å². The van der Waals surface area contributed by atoms with Gasteiger partial charge in [-0.2, -0.15) is 0 Å². The zero-order chi connectivity index (χ0) is 14.8. The van der Waals surface area contributed by atoms with E-state index >= 15 is 0 Å². The van der Waals surface area contributed by atoms with E-state index in [-0.39, 0.29) is 11.8 Å². The zero-order valence-corrected chi connectivity index (χ0v) is 11.6. The molecule has 0 saturated heterocycles. The summed E-state index contributed by atoms with van der Waals surface area (Å²) in [5.74, 6) is -0.300. The Balaban J connectivity index is 1.92. The van der Waals surface area contributed by atoms with Crippen molar-refractivity contribution < 1.29 is 14.3 Å². The molecule has 0 fully saturated rings. The van der Waals surface area contributed by atoms with Gasteiger partial charge in [0.2, 0.25) is 0 Å². The number of esters is 1. The lowest BCUT2D eigenvalue weighted by atomic mass is 9.91. The van der Waals surface area contributed by atoms with E-state index in [0.717, 1.165) is 16.8 Å². The lowest BCUT2D eigenvalue weighted by Gasteiger charge is -2.26. The largest absolute Gasteiger partial charge is 0.465 e. The minimum atomic E-state index is -0.393. The summed E-state index contributed by atoms with van der Waals surface area (Å²) in [7, 11) is 1.34. The molecule has 0 amide bonds. The molecule has 0 bridgehead atoms. The van der Waals surface area contributed by atoms with Crippen molar-refractivity contribution >= 4 is 17.4 Å². The topological polar surface area (TPSA) is 55.4 Å². The average molecular weight is 281 g/mol. The molecule has 3 rings (SSSR count). The van der Waals surface area contributed by atoms with Crippen LogP contribution in [0.5, 0.6) is 0 Å². The van der Waals surface area contributed by atoms with Crippen molar-refractivity contribution in [3.63, 3.8) is 0 Å². The fourth-order valence-corrected chi connectivity index (χ4v) is 2.57. The number of fused-ring (bicyclic) bond motifs is 1. The Morgan fingerprint density at radius 2 is 1.95 bits per heavy atom. The number of nitrogens with one attached hydrogen (secondary N) is 1. The fourth-order valence-electron chi connectivity index (χ4n) is 2.57. The summed E-state index contributed by atoms with van der Waals surface area (Å²) < 4.78 is 4.70. The number of hydrogen-bond donors (Lipinski definition) is 1. The van der Waals surface area contributed by atoms with Gasteiger partial charge in [-0.25, -0.2) is 4.79 Å². The van der Waals surface area contributed by atoms with Gasteiger partial charge in [0.25, 0.3) is 0 Å². The molecular formula is C17H15NO3. The molecule has 0 spiro atoms. The SMILES string of the molecule is COC(=O)c1ccc2c(c1)CC(=O)C(c1ccccc1)N2. The predicted octanol–water partition coefficient (Wildman–Crippen LogP) is 2.75. The van der Waals surface area contributed by atoms with Crippen molar-refractivity contribution in [3.05, 3.63) is 65.2 Å². The second kappa shape index (κ2) is 5.40. The maximum absolute atomic E-state index is 12.3. The van der Waals surface area contributed by atoms with Gasteiger partial charge in [-0.15, -0.1) is 0 Å². The first-order valence-corrected chi connectivity index (χ1v) is 6.74. The van der Waals surface area contributed by atoms with E-state index in [9.17, 15) is 9.59 Å². The number of anilines is 1. The van der Waals surface area contributed by atoms with Gasteiger partial charge in [0.05, 0.1) is 12.7 Å². The Morgan fingerprint density at radius 1 is 1.19 bits per heavy atom. The lowest BCUT2D eigenvalue weighted by molar-refractivity contribution is -0.119. The van der Waals surface area contributed by atoms with E-state index in [1.807, 2.05) is 36.4 Å².